The molecule has 3 rings (SSSR count). The zero-order valence-electron chi connectivity index (χ0n) is 10.5. The predicted molar refractivity (Wildman–Crippen MR) is 85.5 cm³/mol. The first kappa shape index (κ1) is 13.8. The molecule has 0 saturated carbocycles. The quantitative estimate of drug-likeness (QED) is 0.748. The van der Waals surface area contributed by atoms with Crippen molar-refractivity contribution in [3.8, 4) is 11.3 Å². The summed E-state index contributed by atoms with van der Waals surface area (Å²) in [5.41, 5.74) is 2.06. The number of benzene rings is 1. The lowest BCUT2D eigenvalue weighted by Gasteiger charge is -2.05. The van der Waals surface area contributed by atoms with Gasteiger partial charge in [-0.15, -0.1) is 22.7 Å². The summed E-state index contributed by atoms with van der Waals surface area (Å²) in [5, 5.41) is 13.1. The summed E-state index contributed by atoms with van der Waals surface area (Å²) in [6, 6.07) is 13.7. The lowest BCUT2D eigenvalue weighted by atomic mass is 10.2. The molecular formula is C15H12ClNOS2. The second-order valence-electron chi connectivity index (χ2n) is 4.35. The first-order valence-electron chi connectivity index (χ1n) is 6.15. The molecule has 5 heteroatoms. The molecule has 0 radical (unpaired) electrons. The number of aliphatic hydroxyl groups excluding tert-OH is 1. The van der Waals surface area contributed by atoms with Crippen molar-refractivity contribution >= 4 is 34.3 Å². The summed E-state index contributed by atoms with van der Waals surface area (Å²) in [6.07, 6.45) is -0.0174. The van der Waals surface area contributed by atoms with E-state index in [1.54, 1.807) is 11.3 Å². The molecule has 0 saturated heterocycles. The lowest BCUT2D eigenvalue weighted by molar-refractivity contribution is 0.182. The fourth-order valence-electron chi connectivity index (χ4n) is 1.92. The van der Waals surface area contributed by atoms with Crippen molar-refractivity contribution in [2.75, 3.05) is 0 Å². The monoisotopic (exact) mass is 321 g/mol. The summed E-state index contributed by atoms with van der Waals surface area (Å²) in [5.74, 6) is 0. The van der Waals surface area contributed by atoms with Gasteiger partial charge in [-0.2, -0.15) is 0 Å². The number of aromatic nitrogens is 1. The van der Waals surface area contributed by atoms with E-state index in [9.17, 15) is 5.11 Å². The smallest absolute Gasteiger partial charge is 0.0962 e. The van der Waals surface area contributed by atoms with Crippen molar-refractivity contribution in [3.63, 3.8) is 0 Å². The molecule has 3 aromatic rings. The summed E-state index contributed by atoms with van der Waals surface area (Å²) < 4.78 is 0.697. The van der Waals surface area contributed by atoms with Crippen molar-refractivity contribution in [1.82, 2.24) is 4.98 Å². The number of hydrogen-bond donors (Lipinski definition) is 1. The molecule has 2 nitrogen and oxygen atoms in total. The normalized spacial score (nSPS) is 12.5. The van der Waals surface area contributed by atoms with Crippen molar-refractivity contribution in [2.24, 2.45) is 0 Å². The molecule has 0 aliphatic heterocycles. The molecule has 2 heterocycles. The van der Waals surface area contributed by atoms with E-state index in [0.29, 0.717) is 10.8 Å². The fraction of sp³-hybridized carbons (Fsp3) is 0.133. The highest BCUT2D eigenvalue weighted by Crippen LogP contribution is 2.30. The van der Waals surface area contributed by atoms with E-state index in [1.165, 1.54) is 11.3 Å². The van der Waals surface area contributed by atoms with E-state index in [4.69, 9.17) is 11.6 Å². The molecule has 102 valence electrons. The van der Waals surface area contributed by atoms with Gasteiger partial charge in [-0.3, -0.25) is 0 Å². The van der Waals surface area contributed by atoms with Crippen molar-refractivity contribution < 1.29 is 5.11 Å². The van der Waals surface area contributed by atoms with E-state index in [0.717, 1.165) is 21.1 Å². The largest absolute Gasteiger partial charge is 0.387 e. The van der Waals surface area contributed by atoms with Crippen LogP contribution in [-0.2, 0) is 6.42 Å². The second kappa shape index (κ2) is 6.06. The summed E-state index contributed by atoms with van der Waals surface area (Å²) >= 11 is 8.87. The average Bonchev–Trinajstić information content (AvgIpc) is 3.09. The third kappa shape index (κ3) is 3.10. The number of aliphatic hydroxyl groups is 1. The molecule has 0 bridgehead atoms. The van der Waals surface area contributed by atoms with Gasteiger partial charge in [0.05, 0.1) is 21.1 Å². The van der Waals surface area contributed by atoms with Crippen LogP contribution < -0.4 is 0 Å². The molecule has 1 N–H and O–H groups in total. The molecule has 0 aliphatic rings. The number of nitrogens with zero attached hydrogens (tertiary/aromatic N) is 1. The zero-order valence-corrected chi connectivity index (χ0v) is 12.9. The highest BCUT2D eigenvalue weighted by atomic mass is 35.5. The van der Waals surface area contributed by atoms with Gasteiger partial charge < -0.3 is 5.11 Å². The van der Waals surface area contributed by atoms with Gasteiger partial charge in [0.15, 0.2) is 0 Å². The number of hydrogen-bond acceptors (Lipinski definition) is 4. The van der Waals surface area contributed by atoms with Crippen LogP contribution in [0.2, 0.25) is 4.34 Å². The van der Waals surface area contributed by atoms with Crippen LogP contribution >= 0.6 is 34.3 Å². The van der Waals surface area contributed by atoms with Gasteiger partial charge in [0.2, 0.25) is 0 Å². The van der Waals surface area contributed by atoms with Gasteiger partial charge in [0, 0.05) is 22.2 Å². The van der Waals surface area contributed by atoms with E-state index >= 15 is 0 Å². The zero-order chi connectivity index (χ0) is 13.9. The number of halogens is 1. The fourth-order valence-corrected chi connectivity index (χ4v) is 3.81. The molecule has 1 atom stereocenters. The Labute approximate surface area is 130 Å². The Morgan fingerprint density at radius 2 is 1.95 bits per heavy atom. The second-order valence-corrected chi connectivity index (χ2v) is 7.04. The van der Waals surface area contributed by atoms with Crippen molar-refractivity contribution in [1.29, 1.82) is 0 Å². The number of thiophene rings is 1. The van der Waals surface area contributed by atoms with Crippen LogP contribution in [0.4, 0.5) is 0 Å². The Hall–Kier alpha value is -1.20. The highest BCUT2D eigenvalue weighted by Gasteiger charge is 2.14. The lowest BCUT2D eigenvalue weighted by Crippen LogP contribution is -1.98. The minimum atomic E-state index is -0.540. The Morgan fingerprint density at radius 1 is 1.15 bits per heavy atom. The molecule has 1 unspecified atom stereocenters. The molecule has 20 heavy (non-hydrogen) atoms. The molecule has 0 amide bonds. The van der Waals surface area contributed by atoms with Crippen molar-refractivity contribution in [2.45, 2.75) is 12.5 Å². The van der Waals surface area contributed by atoms with Crippen LogP contribution in [0.15, 0.2) is 47.8 Å². The third-order valence-corrected chi connectivity index (χ3v) is 5.12. The SMILES string of the molecule is OC(Cc1nc(-c2ccccc2)cs1)c1ccc(Cl)s1. The van der Waals surface area contributed by atoms with Gasteiger partial charge in [-0.25, -0.2) is 4.98 Å². The maximum atomic E-state index is 10.2. The summed E-state index contributed by atoms with van der Waals surface area (Å²) in [4.78, 5) is 5.46. The third-order valence-electron chi connectivity index (χ3n) is 2.91. The van der Waals surface area contributed by atoms with Gasteiger partial charge >= 0.3 is 0 Å². The van der Waals surface area contributed by atoms with E-state index in [1.807, 2.05) is 47.8 Å². The van der Waals surface area contributed by atoms with E-state index < -0.39 is 6.10 Å². The van der Waals surface area contributed by atoms with E-state index in [-0.39, 0.29) is 0 Å². The Kier molecular flexibility index (Phi) is 4.17. The minimum absolute atomic E-state index is 0.522. The standard InChI is InChI=1S/C15H12ClNOS2/c16-14-7-6-13(20-14)12(18)8-15-17-11(9-19-15)10-4-2-1-3-5-10/h1-7,9,12,18H,8H2. The van der Waals surface area contributed by atoms with Crippen LogP contribution in [0.3, 0.4) is 0 Å². The molecule has 0 aliphatic carbocycles. The first-order chi connectivity index (χ1) is 9.72. The Morgan fingerprint density at radius 3 is 2.65 bits per heavy atom. The van der Waals surface area contributed by atoms with Crippen LogP contribution in [0.1, 0.15) is 16.0 Å². The minimum Gasteiger partial charge on any atom is -0.387 e. The average molecular weight is 322 g/mol. The summed E-state index contributed by atoms with van der Waals surface area (Å²) in [7, 11) is 0. The Bertz CT molecular complexity index is 693. The van der Waals surface area contributed by atoms with E-state index in [2.05, 4.69) is 4.98 Å². The van der Waals surface area contributed by atoms with Crippen LogP contribution in [0.25, 0.3) is 11.3 Å². The van der Waals surface area contributed by atoms with Gasteiger partial charge in [-0.1, -0.05) is 41.9 Å². The van der Waals surface area contributed by atoms with Crippen molar-refractivity contribution in [3.05, 3.63) is 62.1 Å². The maximum Gasteiger partial charge on any atom is 0.0962 e. The highest BCUT2D eigenvalue weighted by molar-refractivity contribution is 7.16. The molecule has 0 fully saturated rings. The molecule has 0 spiro atoms. The van der Waals surface area contributed by atoms with Gasteiger partial charge in [-0.05, 0) is 12.1 Å². The van der Waals surface area contributed by atoms with Crippen LogP contribution in [0.5, 0.6) is 0 Å². The number of thiazole rings is 1. The predicted octanol–water partition coefficient (Wildman–Crippen LogP) is 4.80. The van der Waals surface area contributed by atoms with Gasteiger partial charge in [0.25, 0.3) is 0 Å². The Balaban J connectivity index is 1.74. The van der Waals surface area contributed by atoms with Crippen LogP contribution in [0, 0.1) is 0 Å². The topological polar surface area (TPSA) is 33.1 Å². The first-order valence-corrected chi connectivity index (χ1v) is 8.23. The summed E-state index contributed by atoms with van der Waals surface area (Å²) in [6.45, 7) is 0. The van der Waals surface area contributed by atoms with Crippen LogP contribution in [-0.4, -0.2) is 10.1 Å². The molecule has 2 aromatic heterocycles. The number of rotatable bonds is 4. The molecule has 1 aromatic carbocycles. The van der Waals surface area contributed by atoms with Gasteiger partial charge in [0.1, 0.15) is 0 Å². The maximum absolute atomic E-state index is 10.2. The molecular weight excluding hydrogens is 310 g/mol.